The second kappa shape index (κ2) is 11.6. The summed E-state index contributed by atoms with van der Waals surface area (Å²) >= 11 is 12.0. The lowest BCUT2D eigenvalue weighted by molar-refractivity contribution is -0.119. The minimum Gasteiger partial charge on any atom is -0.352 e. The minimum atomic E-state index is -0.502. The van der Waals surface area contributed by atoms with Crippen molar-refractivity contribution in [3.05, 3.63) is 81.4 Å². The van der Waals surface area contributed by atoms with Crippen molar-refractivity contribution in [3.63, 3.8) is 0 Å². The molecule has 0 bridgehead atoms. The van der Waals surface area contributed by atoms with Gasteiger partial charge in [0.05, 0.1) is 10.0 Å². The van der Waals surface area contributed by atoms with E-state index in [-0.39, 0.29) is 49.9 Å². The molecule has 2 N–H and O–H groups in total. The number of benzene rings is 2. The molecule has 0 spiro atoms. The summed E-state index contributed by atoms with van der Waals surface area (Å²) in [5, 5.41) is 6.37. The Hall–Kier alpha value is -2.70. The van der Waals surface area contributed by atoms with Gasteiger partial charge in [-0.05, 0) is 66.5 Å². The fourth-order valence-corrected chi connectivity index (χ4v) is 5.59. The number of amides is 2. The fraction of sp³-hybridized carbons (Fsp3) is 0.357. The zero-order valence-corrected chi connectivity index (χ0v) is 22.0. The van der Waals surface area contributed by atoms with E-state index in [9.17, 15) is 18.4 Å². The van der Waals surface area contributed by atoms with Crippen LogP contribution >= 0.6 is 23.2 Å². The molecule has 1 saturated carbocycles. The molecule has 0 unspecified atom stereocenters. The van der Waals surface area contributed by atoms with Crippen molar-refractivity contribution in [1.29, 1.82) is 0 Å². The van der Waals surface area contributed by atoms with Gasteiger partial charge >= 0.3 is 0 Å². The van der Waals surface area contributed by atoms with Crippen LogP contribution in [-0.2, 0) is 9.59 Å². The van der Waals surface area contributed by atoms with Gasteiger partial charge in [0.25, 0.3) is 0 Å². The zero-order chi connectivity index (χ0) is 26.5. The van der Waals surface area contributed by atoms with Gasteiger partial charge in [0.15, 0.2) is 0 Å². The van der Waals surface area contributed by atoms with Crippen LogP contribution in [0.1, 0.15) is 51.2 Å². The van der Waals surface area contributed by atoms with Gasteiger partial charge in [-0.2, -0.15) is 0 Å². The second-order valence-corrected chi connectivity index (χ2v) is 11.2. The van der Waals surface area contributed by atoms with Crippen LogP contribution in [0.3, 0.4) is 0 Å². The van der Waals surface area contributed by atoms with Crippen molar-refractivity contribution in [2.24, 2.45) is 10.8 Å². The number of carbonyl (C=O) groups excluding carboxylic acids is 2. The van der Waals surface area contributed by atoms with Gasteiger partial charge in [-0.15, -0.1) is 0 Å². The Morgan fingerprint density at radius 1 is 0.917 bits per heavy atom. The molecule has 8 heteroatoms. The third-order valence-electron chi connectivity index (χ3n) is 6.28. The molecule has 2 atom stereocenters. The van der Waals surface area contributed by atoms with Crippen LogP contribution in [0.5, 0.6) is 0 Å². The summed E-state index contributed by atoms with van der Waals surface area (Å²) in [7, 11) is 0. The number of hydrogen-bond donors (Lipinski definition) is 2. The summed E-state index contributed by atoms with van der Waals surface area (Å²) in [4.78, 5) is 25.0. The van der Waals surface area contributed by atoms with Gasteiger partial charge in [-0.3, -0.25) is 9.59 Å². The van der Waals surface area contributed by atoms with Crippen molar-refractivity contribution in [1.82, 2.24) is 10.6 Å². The predicted octanol–water partition coefficient (Wildman–Crippen LogP) is 6.82. The van der Waals surface area contributed by atoms with Gasteiger partial charge in [0.1, 0.15) is 11.6 Å². The maximum Gasteiger partial charge on any atom is 0.244 e. The maximum atomic E-state index is 14.0. The van der Waals surface area contributed by atoms with Crippen molar-refractivity contribution in [3.8, 4) is 0 Å². The molecule has 2 aromatic rings. The van der Waals surface area contributed by atoms with Crippen LogP contribution in [-0.4, -0.2) is 24.4 Å². The Morgan fingerprint density at radius 2 is 1.44 bits per heavy atom. The number of rotatable bonds is 7. The Labute approximate surface area is 220 Å². The lowest BCUT2D eigenvalue weighted by atomic mass is 9.62. The first-order chi connectivity index (χ1) is 16.9. The molecule has 0 radical (unpaired) electrons. The van der Waals surface area contributed by atoms with Crippen molar-refractivity contribution < 1.29 is 18.4 Å². The Morgan fingerprint density at radius 3 is 1.97 bits per heavy atom. The largest absolute Gasteiger partial charge is 0.352 e. The highest BCUT2D eigenvalue weighted by Crippen LogP contribution is 2.45. The molecule has 4 nitrogen and oxygen atoms in total. The maximum absolute atomic E-state index is 14.0. The van der Waals surface area contributed by atoms with E-state index in [1.807, 2.05) is 0 Å². The zero-order valence-electron chi connectivity index (χ0n) is 20.5. The van der Waals surface area contributed by atoms with Gasteiger partial charge in [-0.1, -0.05) is 56.1 Å². The second-order valence-electron chi connectivity index (χ2n) is 10.4. The molecule has 192 valence electrons. The molecule has 0 saturated heterocycles. The Bertz CT molecular complexity index is 1160. The highest BCUT2D eigenvalue weighted by Gasteiger charge is 2.41. The molecule has 1 fully saturated rings. The number of nitrogens with one attached hydrogen (secondary N) is 2. The molecule has 0 heterocycles. The normalized spacial score (nSPS) is 21.6. The summed E-state index contributed by atoms with van der Waals surface area (Å²) in [6.07, 6.45) is 7.53. The van der Waals surface area contributed by atoms with E-state index >= 15 is 0 Å². The molecule has 36 heavy (non-hydrogen) atoms. The quantitative estimate of drug-likeness (QED) is 0.383. The van der Waals surface area contributed by atoms with Crippen LogP contribution in [0.15, 0.2) is 48.6 Å². The highest BCUT2D eigenvalue weighted by atomic mass is 35.5. The first kappa shape index (κ1) is 27.9. The first-order valence-electron chi connectivity index (χ1n) is 11.7. The number of hydrogen-bond acceptors (Lipinski definition) is 2. The lowest BCUT2D eigenvalue weighted by Crippen LogP contribution is -2.50. The standard InChI is InChI=1S/C28H30Cl2F2N2O2/c1-27(2)14-18(34-26(36)13-11-20-22(30)7-5-9-24(20)32)15-28(3,16-27)17-33-25(35)12-10-19-21(29)6-4-8-23(19)31/h4-13,18H,14-17H2,1-3H3,(H,33,35)(H,34,36)/b12-10+,13-11+/t18-,28+/m0/s1. The predicted molar refractivity (Wildman–Crippen MR) is 142 cm³/mol. The molecule has 3 rings (SSSR count). The Kier molecular flexibility index (Phi) is 8.96. The third-order valence-corrected chi connectivity index (χ3v) is 6.94. The minimum absolute atomic E-state index is 0.0786. The van der Waals surface area contributed by atoms with Crippen molar-refractivity contribution >= 4 is 47.2 Å². The van der Waals surface area contributed by atoms with Gasteiger partial charge in [0.2, 0.25) is 11.8 Å². The van der Waals surface area contributed by atoms with Crippen LogP contribution in [0.25, 0.3) is 12.2 Å². The van der Waals surface area contributed by atoms with Crippen LogP contribution in [0.4, 0.5) is 8.78 Å². The molecule has 0 aromatic heterocycles. The highest BCUT2D eigenvalue weighted by molar-refractivity contribution is 6.32. The summed E-state index contributed by atoms with van der Waals surface area (Å²) in [6, 6.07) is 8.56. The van der Waals surface area contributed by atoms with E-state index < -0.39 is 11.6 Å². The van der Waals surface area contributed by atoms with Crippen LogP contribution in [0.2, 0.25) is 10.0 Å². The molecule has 2 amide bonds. The molecule has 1 aliphatic rings. The van der Waals surface area contributed by atoms with E-state index in [1.54, 1.807) is 12.1 Å². The average molecular weight is 535 g/mol. The monoisotopic (exact) mass is 534 g/mol. The summed E-state index contributed by atoms with van der Waals surface area (Å²) in [5.74, 6) is -1.70. The van der Waals surface area contributed by atoms with E-state index in [0.717, 1.165) is 12.8 Å². The smallest absolute Gasteiger partial charge is 0.244 e. The number of carbonyl (C=O) groups is 2. The van der Waals surface area contributed by atoms with E-state index in [4.69, 9.17) is 23.2 Å². The van der Waals surface area contributed by atoms with Crippen LogP contribution in [0, 0.1) is 22.5 Å². The first-order valence-corrected chi connectivity index (χ1v) is 12.5. The third kappa shape index (κ3) is 7.65. The molecule has 0 aliphatic heterocycles. The van der Waals surface area contributed by atoms with Gasteiger partial charge < -0.3 is 10.6 Å². The molecule has 1 aliphatic carbocycles. The summed E-state index contributed by atoms with van der Waals surface area (Å²) in [6.45, 7) is 6.71. The fourth-order valence-electron chi connectivity index (χ4n) is 5.14. The van der Waals surface area contributed by atoms with Gasteiger partial charge in [0, 0.05) is 35.9 Å². The van der Waals surface area contributed by atoms with E-state index in [1.165, 1.54) is 48.6 Å². The van der Waals surface area contributed by atoms with E-state index in [0.29, 0.717) is 13.0 Å². The average Bonchev–Trinajstić information content (AvgIpc) is 2.76. The van der Waals surface area contributed by atoms with Crippen molar-refractivity contribution in [2.45, 2.75) is 46.1 Å². The summed E-state index contributed by atoms with van der Waals surface area (Å²) < 4.78 is 27.9. The van der Waals surface area contributed by atoms with Crippen LogP contribution < -0.4 is 10.6 Å². The van der Waals surface area contributed by atoms with Crippen molar-refractivity contribution in [2.75, 3.05) is 6.54 Å². The number of halogens is 4. The van der Waals surface area contributed by atoms with Gasteiger partial charge in [-0.25, -0.2) is 8.78 Å². The SMILES string of the molecule is CC1(C)C[C@H](NC(=O)/C=C/c2c(F)cccc2Cl)C[C@@](C)(CNC(=O)/C=C/c2c(F)cccc2Cl)C1. The summed E-state index contributed by atoms with van der Waals surface area (Å²) in [5.41, 5.74) is -0.0373. The Balaban J connectivity index is 1.61. The lowest BCUT2D eigenvalue weighted by Gasteiger charge is -2.46. The molecular weight excluding hydrogens is 505 g/mol. The van der Waals surface area contributed by atoms with E-state index in [2.05, 4.69) is 31.4 Å². The topological polar surface area (TPSA) is 58.2 Å². The molecule has 2 aromatic carbocycles. The molecular formula is C28H30Cl2F2N2O2.